The first-order chi connectivity index (χ1) is 11.1. The third-order valence-corrected chi connectivity index (χ3v) is 4.50. The number of hydrogen-bond acceptors (Lipinski definition) is 5. The Morgan fingerprint density at radius 1 is 1.35 bits per heavy atom. The van der Waals surface area contributed by atoms with Crippen molar-refractivity contribution in [1.82, 2.24) is 15.7 Å². The molecule has 1 aromatic rings. The molecule has 1 aromatic carbocycles. The number of rotatable bonds is 4. The van der Waals surface area contributed by atoms with Gasteiger partial charge in [-0.1, -0.05) is 12.1 Å². The van der Waals surface area contributed by atoms with Crippen LogP contribution in [0.3, 0.4) is 0 Å². The fourth-order valence-electron chi connectivity index (χ4n) is 2.99. The summed E-state index contributed by atoms with van der Waals surface area (Å²) in [5, 5.41) is 13.8. The lowest BCUT2D eigenvalue weighted by Gasteiger charge is -2.29. The molecule has 0 spiro atoms. The zero-order valence-electron chi connectivity index (χ0n) is 13.3. The van der Waals surface area contributed by atoms with Crippen molar-refractivity contribution in [2.24, 2.45) is 5.92 Å². The summed E-state index contributed by atoms with van der Waals surface area (Å²) >= 11 is 0. The van der Waals surface area contributed by atoms with Crippen LogP contribution in [0.25, 0.3) is 6.08 Å². The van der Waals surface area contributed by atoms with Crippen molar-refractivity contribution in [3.05, 3.63) is 29.3 Å². The predicted octanol–water partition coefficient (Wildman–Crippen LogP) is 1.26. The maximum atomic E-state index is 11.3. The molecule has 0 aromatic heterocycles. The third kappa shape index (κ3) is 3.83. The Morgan fingerprint density at radius 3 is 2.91 bits per heavy atom. The standard InChI is InChI=1S/C17H23N3O3/c1-20-8-6-12(7-9-20)10-18-11-14-3-2-13-4-5-15(21)19-23-17(13)16(14)22/h2-5,12,18,22H,6-11H2,1H3,(H,19,21). The van der Waals surface area contributed by atoms with Gasteiger partial charge in [-0.05, 0) is 51.5 Å². The molecule has 23 heavy (non-hydrogen) atoms. The Balaban J connectivity index is 1.59. The largest absolute Gasteiger partial charge is 0.504 e. The van der Waals surface area contributed by atoms with E-state index < -0.39 is 0 Å². The monoisotopic (exact) mass is 317 g/mol. The molecule has 2 heterocycles. The van der Waals surface area contributed by atoms with Crippen molar-refractivity contribution >= 4 is 12.0 Å². The van der Waals surface area contributed by atoms with Gasteiger partial charge in [0.05, 0.1) is 0 Å². The summed E-state index contributed by atoms with van der Waals surface area (Å²) in [4.78, 5) is 18.8. The Bertz CT molecular complexity index is 607. The van der Waals surface area contributed by atoms with Crippen molar-refractivity contribution in [2.75, 3.05) is 26.7 Å². The number of amides is 1. The number of likely N-dealkylation sites (tertiary alicyclic amines) is 1. The zero-order valence-corrected chi connectivity index (χ0v) is 13.3. The van der Waals surface area contributed by atoms with Crippen molar-refractivity contribution < 1.29 is 14.7 Å². The summed E-state index contributed by atoms with van der Waals surface area (Å²) in [7, 11) is 2.16. The molecule has 6 heteroatoms. The Morgan fingerprint density at radius 2 is 2.13 bits per heavy atom. The van der Waals surface area contributed by atoms with Gasteiger partial charge in [0.25, 0.3) is 5.91 Å². The van der Waals surface area contributed by atoms with Gasteiger partial charge in [-0.25, -0.2) is 0 Å². The average Bonchev–Trinajstić information content (AvgIpc) is 2.74. The molecule has 1 amide bonds. The topological polar surface area (TPSA) is 73.8 Å². The highest BCUT2D eigenvalue weighted by molar-refractivity contribution is 5.92. The van der Waals surface area contributed by atoms with E-state index in [-0.39, 0.29) is 11.7 Å². The fraction of sp³-hybridized carbons (Fsp3) is 0.471. The number of carbonyl (C=O) groups is 1. The first-order valence-electron chi connectivity index (χ1n) is 8.02. The van der Waals surface area contributed by atoms with Crippen LogP contribution in [-0.2, 0) is 11.3 Å². The van der Waals surface area contributed by atoms with E-state index in [1.807, 2.05) is 12.1 Å². The highest BCUT2D eigenvalue weighted by Gasteiger charge is 2.18. The molecular weight excluding hydrogens is 294 g/mol. The Hall–Kier alpha value is -2.05. The van der Waals surface area contributed by atoms with Gasteiger partial charge in [0.15, 0.2) is 5.75 Å². The molecular formula is C17H23N3O3. The van der Waals surface area contributed by atoms with Crippen LogP contribution in [0.4, 0.5) is 0 Å². The number of phenolic OH excluding ortho intramolecular Hbond substituents is 1. The van der Waals surface area contributed by atoms with Crippen LogP contribution in [-0.4, -0.2) is 42.6 Å². The number of carbonyl (C=O) groups excluding carboxylic acids is 1. The molecule has 3 N–H and O–H groups in total. The number of aromatic hydroxyl groups is 1. The third-order valence-electron chi connectivity index (χ3n) is 4.50. The fourth-order valence-corrected chi connectivity index (χ4v) is 2.99. The summed E-state index contributed by atoms with van der Waals surface area (Å²) < 4.78 is 0. The number of phenols is 1. The van der Waals surface area contributed by atoms with Gasteiger partial charge in [0.1, 0.15) is 0 Å². The van der Waals surface area contributed by atoms with E-state index >= 15 is 0 Å². The molecule has 1 fully saturated rings. The smallest absolute Gasteiger partial charge is 0.276 e. The lowest BCUT2D eigenvalue weighted by Crippen LogP contribution is -2.34. The van der Waals surface area contributed by atoms with Crippen LogP contribution in [0.15, 0.2) is 18.2 Å². The number of hydroxylamine groups is 1. The second-order valence-electron chi connectivity index (χ2n) is 6.27. The molecule has 124 valence electrons. The molecule has 3 rings (SSSR count). The van der Waals surface area contributed by atoms with Crippen LogP contribution in [0, 0.1) is 5.92 Å². The SMILES string of the molecule is CN1CCC(CNCc2ccc3c(c2O)ONC(=O)C=C3)CC1. The van der Waals surface area contributed by atoms with E-state index in [1.165, 1.54) is 18.9 Å². The maximum Gasteiger partial charge on any atom is 0.276 e. The molecule has 2 aliphatic rings. The normalized spacial score (nSPS) is 18.9. The van der Waals surface area contributed by atoms with Gasteiger partial charge in [0.2, 0.25) is 5.75 Å². The number of nitrogens with zero attached hydrogens (tertiary/aromatic N) is 1. The minimum absolute atomic E-state index is 0.0743. The second-order valence-corrected chi connectivity index (χ2v) is 6.27. The molecule has 0 aliphatic carbocycles. The van der Waals surface area contributed by atoms with Gasteiger partial charge in [-0.2, -0.15) is 5.48 Å². The van der Waals surface area contributed by atoms with Gasteiger partial charge in [-0.3, -0.25) is 4.79 Å². The van der Waals surface area contributed by atoms with E-state index in [1.54, 1.807) is 6.08 Å². The molecule has 6 nitrogen and oxygen atoms in total. The van der Waals surface area contributed by atoms with Crippen molar-refractivity contribution in [3.8, 4) is 11.5 Å². The lowest BCUT2D eigenvalue weighted by molar-refractivity contribution is -0.122. The average molecular weight is 317 g/mol. The summed E-state index contributed by atoms with van der Waals surface area (Å²) in [6, 6.07) is 3.71. The lowest BCUT2D eigenvalue weighted by atomic mass is 9.97. The first kappa shape index (κ1) is 15.8. The first-order valence-corrected chi connectivity index (χ1v) is 8.02. The number of fused-ring (bicyclic) bond motifs is 1. The Labute approximate surface area is 136 Å². The summed E-state index contributed by atoms with van der Waals surface area (Å²) in [6.07, 6.45) is 5.43. The number of hydrogen-bond donors (Lipinski definition) is 3. The van der Waals surface area contributed by atoms with Crippen LogP contribution in [0.1, 0.15) is 24.0 Å². The molecule has 0 saturated carbocycles. The quantitative estimate of drug-likeness (QED) is 0.780. The number of nitrogens with one attached hydrogen (secondary N) is 2. The van der Waals surface area contributed by atoms with Crippen LogP contribution in [0.5, 0.6) is 11.5 Å². The van der Waals surface area contributed by atoms with Gasteiger partial charge >= 0.3 is 0 Å². The Kier molecular flexibility index (Phi) is 4.83. The van der Waals surface area contributed by atoms with Gasteiger partial charge < -0.3 is 20.2 Å². The molecule has 1 saturated heterocycles. The minimum atomic E-state index is -0.345. The molecule has 2 aliphatic heterocycles. The summed E-state index contributed by atoms with van der Waals surface area (Å²) in [5.74, 6) is 0.714. The van der Waals surface area contributed by atoms with Crippen LogP contribution >= 0.6 is 0 Å². The van der Waals surface area contributed by atoms with E-state index in [0.717, 1.165) is 25.2 Å². The van der Waals surface area contributed by atoms with Crippen molar-refractivity contribution in [2.45, 2.75) is 19.4 Å². The zero-order chi connectivity index (χ0) is 16.2. The molecule has 0 atom stereocenters. The summed E-state index contributed by atoms with van der Waals surface area (Å²) in [5.41, 5.74) is 3.72. The maximum absolute atomic E-state index is 11.3. The van der Waals surface area contributed by atoms with E-state index in [0.29, 0.717) is 23.8 Å². The van der Waals surface area contributed by atoms with E-state index in [2.05, 4.69) is 22.7 Å². The van der Waals surface area contributed by atoms with Crippen molar-refractivity contribution in [1.29, 1.82) is 0 Å². The number of benzene rings is 1. The molecule has 0 bridgehead atoms. The highest BCUT2D eigenvalue weighted by Crippen LogP contribution is 2.35. The van der Waals surface area contributed by atoms with Crippen molar-refractivity contribution in [3.63, 3.8) is 0 Å². The van der Waals surface area contributed by atoms with Crippen LogP contribution in [0.2, 0.25) is 0 Å². The van der Waals surface area contributed by atoms with E-state index in [9.17, 15) is 9.90 Å². The van der Waals surface area contributed by atoms with Gasteiger partial charge in [0, 0.05) is 23.7 Å². The molecule has 0 radical (unpaired) electrons. The summed E-state index contributed by atoms with van der Waals surface area (Å²) in [6.45, 7) is 3.82. The predicted molar refractivity (Wildman–Crippen MR) is 87.8 cm³/mol. The van der Waals surface area contributed by atoms with Gasteiger partial charge in [-0.15, -0.1) is 0 Å². The van der Waals surface area contributed by atoms with E-state index in [4.69, 9.17) is 4.84 Å². The minimum Gasteiger partial charge on any atom is -0.504 e. The van der Waals surface area contributed by atoms with Crippen LogP contribution < -0.4 is 15.6 Å². The molecule has 0 unspecified atom stereocenters. The highest BCUT2D eigenvalue weighted by atomic mass is 16.7. The number of piperidine rings is 1. The second kappa shape index (κ2) is 7.02.